The summed E-state index contributed by atoms with van der Waals surface area (Å²) in [6.45, 7) is 3.30. The van der Waals surface area contributed by atoms with Gasteiger partial charge in [-0.2, -0.15) is 0 Å². The normalized spacial score (nSPS) is 16.3. The Labute approximate surface area is 132 Å². The molecule has 0 atom stereocenters. The smallest absolute Gasteiger partial charge is 0.200 e. The van der Waals surface area contributed by atoms with E-state index in [1.165, 1.54) is 6.07 Å². The van der Waals surface area contributed by atoms with Crippen LogP contribution in [0.2, 0.25) is 0 Å². The van der Waals surface area contributed by atoms with Gasteiger partial charge in [-0.15, -0.1) is 0 Å². The summed E-state index contributed by atoms with van der Waals surface area (Å²) < 4.78 is 20.4. The second-order valence-electron chi connectivity index (χ2n) is 6.02. The van der Waals surface area contributed by atoms with Gasteiger partial charge in [-0.25, -0.2) is 4.39 Å². The highest BCUT2D eigenvalue weighted by Gasteiger charge is 2.19. The Hall–Kier alpha value is -2.40. The van der Waals surface area contributed by atoms with E-state index in [2.05, 4.69) is 11.9 Å². The van der Waals surface area contributed by atoms with Gasteiger partial charge in [0.05, 0.1) is 16.5 Å². The number of hydrogen-bond acceptors (Lipinski definition) is 4. The van der Waals surface area contributed by atoms with E-state index in [0.29, 0.717) is 27.6 Å². The van der Waals surface area contributed by atoms with Gasteiger partial charge in [0.25, 0.3) is 0 Å². The molecule has 1 aliphatic heterocycles. The summed E-state index contributed by atoms with van der Waals surface area (Å²) in [6, 6.07) is 10.0. The molecule has 2 heterocycles. The number of anilines is 1. The Morgan fingerprint density at radius 3 is 2.52 bits per heavy atom. The molecule has 0 bridgehead atoms. The van der Waals surface area contributed by atoms with Crippen LogP contribution < -0.4 is 10.3 Å². The lowest BCUT2D eigenvalue weighted by Crippen LogP contribution is -2.44. The molecule has 0 amide bonds. The highest BCUT2D eigenvalue weighted by Crippen LogP contribution is 2.27. The van der Waals surface area contributed by atoms with Crippen LogP contribution in [0.25, 0.3) is 21.9 Å². The first-order valence-corrected chi connectivity index (χ1v) is 7.72. The minimum absolute atomic E-state index is 0.189. The molecule has 1 saturated heterocycles. The Morgan fingerprint density at radius 2 is 1.74 bits per heavy atom. The van der Waals surface area contributed by atoms with Crippen molar-refractivity contribution < 1.29 is 8.81 Å². The molecule has 23 heavy (non-hydrogen) atoms. The van der Waals surface area contributed by atoms with E-state index in [0.717, 1.165) is 26.2 Å². The number of fused-ring (bicyclic) bond motifs is 2. The van der Waals surface area contributed by atoms with E-state index in [1.54, 1.807) is 24.3 Å². The summed E-state index contributed by atoms with van der Waals surface area (Å²) >= 11 is 0. The molecule has 4 nitrogen and oxygen atoms in total. The summed E-state index contributed by atoms with van der Waals surface area (Å²) in [5, 5.41) is 0.769. The molecular formula is C18H17FN2O2. The van der Waals surface area contributed by atoms with Crippen molar-refractivity contribution in [1.29, 1.82) is 0 Å². The van der Waals surface area contributed by atoms with E-state index in [9.17, 15) is 9.18 Å². The predicted molar refractivity (Wildman–Crippen MR) is 89.7 cm³/mol. The average molecular weight is 312 g/mol. The number of likely N-dealkylation sites (N-methyl/N-ethyl adjacent to an activating group) is 1. The van der Waals surface area contributed by atoms with Crippen LogP contribution in [0.4, 0.5) is 10.1 Å². The standard InChI is InChI=1S/C18H17FN2O2/c1-20-6-8-21(9-7-20)15-11-17-13(10-14(15)19)18(22)12-4-2-3-5-16(12)23-17/h2-5,10-11H,6-9H2,1H3. The molecule has 2 aromatic carbocycles. The largest absolute Gasteiger partial charge is 0.456 e. The molecule has 1 aromatic heterocycles. The maximum Gasteiger partial charge on any atom is 0.200 e. The number of nitrogens with zero attached hydrogens (tertiary/aromatic N) is 2. The molecule has 4 rings (SSSR count). The van der Waals surface area contributed by atoms with Gasteiger partial charge in [0.15, 0.2) is 0 Å². The quantitative estimate of drug-likeness (QED) is 0.648. The third-order valence-electron chi connectivity index (χ3n) is 4.49. The number of para-hydroxylation sites is 1. The number of halogens is 1. The van der Waals surface area contributed by atoms with Crippen LogP contribution >= 0.6 is 0 Å². The van der Waals surface area contributed by atoms with Crippen LogP contribution in [-0.2, 0) is 0 Å². The Morgan fingerprint density at radius 1 is 1.00 bits per heavy atom. The fourth-order valence-electron chi connectivity index (χ4n) is 3.10. The fourth-order valence-corrected chi connectivity index (χ4v) is 3.10. The van der Waals surface area contributed by atoms with Crippen molar-refractivity contribution in [2.75, 3.05) is 38.1 Å². The third kappa shape index (κ3) is 2.37. The SMILES string of the molecule is CN1CCN(c2cc3oc4ccccc4c(=O)c3cc2F)CC1. The van der Waals surface area contributed by atoms with Crippen LogP contribution in [0.3, 0.4) is 0 Å². The summed E-state index contributed by atoms with van der Waals surface area (Å²) in [5.74, 6) is -0.371. The molecule has 3 aromatic rings. The second kappa shape index (κ2) is 5.35. The number of benzene rings is 2. The summed E-state index contributed by atoms with van der Waals surface area (Å²) in [6.07, 6.45) is 0. The van der Waals surface area contributed by atoms with Crippen LogP contribution in [0.1, 0.15) is 0 Å². The minimum atomic E-state index is -0.371. The van der Waals surface area contributed by atoms with Crippen molar-refractivity contribution in [3.8, 4) is 0 Å². The molecular weight excluding hydrogens is 295 g/mol. The van der Waals surface area contributed by atoms with Gasteiger partial charge < -0.3 is 14.2 Å². The molecule has 0 radical (unpaired) electrons. The van der Waals surface area contributed by atoms with Crippen molar-refractivity contribution in [3.63, 3.8) is 0 Å². The zero-order valence-corrected chi connectivity index (χ0v) is 12.9. The first-order chi connectivity index (χ1) is 11.1. The van der Waals surface area contributed by atoms with E-state index < -0.39 is 0 Å². The average Bonchev–Trinajstić information content (AvgIpc) is 2.56. The van der Waals surface area contributed by atoms with Crippen LogP contribution in [0.15, 0.2) is 45.6 Å². The summed E-state index contributed by atoms with van der Waals surface area (Å²) in [4.78, 5) is 16.7. The molecule has 0 spiro atoms. The molecule has 0 unspecified atom stereocenters. The molecule has 1 fully saturated rings. The van der Waals surface area contributed by atoms with Gasteiger partial charge in [0.1, 0.15) is 17.0 Å². The Bertz CT molecular complexity index is 943. The summed E-state index contributed by atoms with van der Waals surface area (Å²) in [5.41, 5.74) is 1.28. The topological polar surface area (TPSA) is 36.7 Å². The molecule has 0 aliphatic carbocycles. The highest BCUT2D eigenvalue weighted by molar-refractivity contribution is 5.91. The van der Waals surface area contributed by atoms with E-state index in [1.807, 2.05) is 11.0 Å². The van der Waals surface area contributed by atoms with Crippen LogP contribution in [0, 0.1) is 5.82 Å². The zero-order chi connectivity index (χ0) is 16.0. The van der Waals surface area contributed by atoms with E-state index in [4.69, 9.17) is 4.42 Å². The van der Waals surface area contributed by atoms with Gasteiger partial charge >= 0.3 is 0 Å². The van der Waals surface area contributed by atoms with Crippen molar-refractivity contribution in [2.24, 2.45) is 0 Å². The van der Waals surface area contributed by atoms with Crippen molar-refractivity contribution >= 4 is 27.6 Å². The minimum Gasteiger partial charge on any atom is -0.456 e. The first-order valence-electron chi connectivity index (χ1n) is 7.72. The molecule has 5 heteroatoms. The molecule has 0 saturated carbocycles. The lowest BCUT2D eigenvalue weighted by molar-refractivity contribution is 0.311. The second-order valence-corrected chi connectivity index (χ2v) is 6.02. The highest BCUT2D eigenvalue weighted by atomic mass is 19.1. The fraction of sp³-hybridized carbons (Fsp3) is 0.278. The van der Waals surface area contributed by atoms with Gasteiger partial charge in [-0.05, 0) is 25.2 Å². The van der Waals surface area contributed by atoms with Crippen molar-refractivity contribution in [1.82, 2.24) is 4.90 Å². The van der Waals surface area contributed by atoms with Gasteiger partial charge in [-0.1, -0.05) is 12.1 Å². The van der Waals surface area contributed by atoms with E-state index >= 15 is 0 Å². The Balaban J connectivity index is 1.89. The number of piperazine rings is 1. The maximum absolute atomic E-state index is 14.5. The van der Waals surface area contributed by atoms with Gasteiger partial charge in [0.2, 0.25) is 5.43 Å². The van der Waals surface area contributed by atoms with Gasteiger partial charge in [-0.3, -0.25) is 4.79 Å². The molecule has 118 valence electrons. The zero-order valence-electron chi connectivity index (χ0n) is 12.9. The van der Waals surface area contributed by atoms with Crippen molar-refractivity contribution in [3.05, 3.63) is 52.4 Å². The maximum atomic E-state index is 14.5. The number of hydrogen-bond donors (Lipinski definition) is 0. The predicted octanol–water partition coefficient (Wildman–Crippen LogP) is 2.84. The monoisotopic (exact) mass is 312 g/mol. The molecule has 0 N–H and O–H groups in total. The van der Waals surface area contributed by atoms with Crippen LogP contribution in [0.5, 0.6) is 0 Å². The Kier molecular flexibility index (Phi) is 3.31. The lowest BCUT2D eigenvalue weighted by Gasteiger charge is -2.34. The lowest BCUT2D eigenvalue weighted by atomic mass is 10.1. The van der Waals surface area contributed by atoms with Crippen LogP contribution in [-0.4, -0.2) is 38.1 Å². The van der Waals surface area contributed by atoms with Gasteiger partial charge in [0, 0.05) is 32.2 Å². The van der Waals surface area contributed by atoms with E-state index in [-0.39, 0.29) is 11.2 Å². The summed E-state index contributed by atoms with van der Waals surface area (Å²) in [7, 11) is 2.05. The first kappa shape index (κ1) is 14.2. The van der Waals surface area contributed by atoms with Crippen molar-refractivity contribution in [2.45, 2.75) is 0 Å². The molecule has 1 aliphatic rings. The number of rotatable bonds is 1. The third-order valence-corrected chi connectivity index (χ3v) is 4.49.